The van der Waals surface area contributed by atoms with E-state index in [1.165, 1.54) is 7.11 Å². The van der Waals surface area contributed by atoms with Gasteiger partial charge in [-0.3, -0.25) is 9.59 Å². The van der Waals surface area contributed by atoms with Gasteiger partial charge in [0.2, 0.25) is 5.91 Å². The number of carbonyl (C=O) groups is 2. The predicted octanol–water partition coefficient (Wildman–Crippen LogP) is 1.61. The number of unbranched alkanes of at least 4 members (excludes halogenated alkanes) is 3. The first-order valence-electron chi connectivity index (χ1n) is 7.71. The van der Waals surface area contributed by atoms with Crippen LogP contribution in [0.3, 0.4) is 0 Å². The molecule has 1 amide bonds. The molecule has 0 aromatic carbocycles. The quantitative estimate of drug-likeness (QED) is 0.525. The summed E-state index contributed by atoms with van der Waals surface area (Å²) in [6.45, 7) is 3.81. The Morgan fingerprint density at radius 2 is 2.00 bits per heavy atom. The van der Waals surface area contributed by atoms with Gasteiger partial charge in [0.1, 0.15) is 0 Å². The van der Waals surface area contributed by atoms with Gasteiger partial charge in [-0.25, -0.2) is 0 Å². The lowest BCUT2D eigenvalue weighted by Crippen LogP contribution is -2.42. The van der Waals surface area contributed by atoms with Crippen molar-refractivity contribution in [2.75, 3.05) is 20.2 Å². The standard InChI is InChI=1S/C15H28N2O3/c1-12-11-13(8-10-16-12)15(19)17-9-6-4-3-5-7-14(18)20-2/h12-13,16H,3-11H2,1-2H3,(H,17,19)/t12-,13-/m0/s1. The van der Waals surface area contributed by atoms with Gasteiger partial charge in [0, 0.05) is 24.9 Å². The van der Waals surface area contributed by atoms with Crippen molar-refractivity contribution in [1.82, 2.24) is 10.6 Å². The van der Waals surface area contributed by atoms with Crippen molar-refractivity contribution in [2.45, 2.75) is 57.9 Å². The van der Waals surface area contributed by atoms with E-state index < -0.39 is 0 Å². The minimum Gasteiger partial charge on any atom is -0.469 e. The van der Waals surface area contributed by atoms with Crippen molar-refractivity contribution in [1.29, 1.82) is 0 Å². The number of piperidine rings is 1. The third-order valence-corrected chi connectivity index (χ3v) is 3.83. The molecule has 1 saturated heterocycles. The molecule has 1 rings (SSSR count). The zero-order valence-electron chi connectivity index (χ0n) is 12.7. The molecule has 0 saturated carbocycles. The Kier molecular flexibility index (Phi) is 8.26. The van der Waals surface area contributed by atoms with E-state index in [-0.39, 0.29) is 17.8 Å². The minimum absolute atomic E-state index is 0.140. The zero-order chi connectivity index (χ0) is 14.8. The van der Waals surface area contributed by atoms with Gasteiger partial charge in [0.15, 0.2) is 0 Å². The molecule has 0 bridgehead atoms. The number of hydrogen-bond acceptors (Lipinski definition) is 4. The van der Waals surface area contributed by atoms with Crippen LogP contribution in [0, 0.1) is 5.92 Å². The van der Waals surface area contributed by atoms with Gasteiger partial charge >= 0.3 is 5.97 Å². The van der Waals surface area contributed by atoms with Gasteiger partial charge in [-0.1, -0.05) is 12.8 Å². The number of amides is 1. The summed E-state index contributed by atoms with van der Waals surface area (Å²) in [5.41, 5.74) is 0. The second-order valence-electron chi connectivity index (χ2n) is 5.61. The molecule has 0 spiro atoms. The third kappa shape index (κ3) is 6.89. The summed E-state index contributed by atoms with van der Waals surface area (Å²) in [6.07, 6.45) is 6.27. The Balaban J connectivity index is 1.98. The van der Waals surface area contributed by atoms with Gasteiger partial charge < -0.3 is 15.4 Å². The van der Waals surface area contributed by atoms with Crippen molar-refractivity contribution in [3.05, 3.63) is 0 Å². The second kappa shape index (κ2) is 9.75. The summed E-state index contributed by atoms with van der Waals surface area (Å²) in [4.78, 5) is 22.9. The fraction of sp³-hybridized carbons (Fsp3) is 0.867. The molecule has 0 aromatic heterocycles. The van der Waals surface area contributed by atoms with Crippen LogP contribution < -0.4 is 10.6 Å². The van der Waals surface area contributed by atoms with E-state index in [9.17, 15) is 9.59 Å². The molecule has 0 aliphatic carbocycles. The molecular weight excluding hydrogens is 256 g/mol. The molecule has 0 radical (unpaired) electrons. The molecule has 116 valence electrons. The van der Waals surface area contributed by atoms with Gasteiger partial charge in [-0.05, 0) is 39.2 Å². The number of ether oxygens (including phenoxy) is 1. The Bertz CT molecular complexity index is 307. The van der Waals surface area contributed by atoms with E-state index >= 15 is 0 Å². The lowest BCUT2D eigenvalue weighted by atomic mass is 9.92. The summed E-state index contributed by atoms with van der Waals surface area (Å²) in [5.74, 6) is 0.233. The van der Waals surface area contributed by atoms with Crippen molar-refractivity contribution in [3.8, 4) is 0 Å². The highest BCUT2D eigenvalue weighted by molar-refractivity contribution is 5.78. The molecule has 0 unspecified atom stereocenters. The highest BCUT2D eigenvalue weighted by Crippen LogP contribution is 2.15. The Morgan fingerprint density at radius 3 is 2.70 bits per heavy atom. The van der Waals surface area contributed by atoms with E-state index in [1.54, 1.807) is 0 Å². The third-order valence-electron chi connectivity index (χ3n) is 3.83. The van der Waals surface area contributed by atoms with E-state index in [0.717, 1.165) is 51.6 Å². The van der Waals surface area contributed by atoms with Gasteiger partial charge in [-0.2, -0.15) is 0 Å². The molecule has 20 heavy (non-hydrogen) atoms. The molecule has 5 nitrogen and oxygen atoms in total. The van der Waals surface area contributed by atoms with Crippen molar-refractivity contribution >= 4 is 11.9 Å². The fourth-order valence-corrected chi connectivity index (χ4v) is 2.58. The maximum atomic E-state index is 12.0. The van der Waals surface area contributed by atoms with Crippen LogP contribution in [-0.2, 0) is 14.3 Å². The predicted molar refractivity (Wildman–Crippen MR) is 78.3 cm³/mol. The van der Waals surface area contributed by atoms with E-state index in [4.69, 9.17) is 0 Å². The minimum atomic E-state index is -0.140. The van der Waals surface area contributed by atoms with Gasteiger partial charge in [0.05, 0.1) is 7.11 Å². The van der Waals surface area contributed by atoms with Crippen LogP contribution in [0.15, 0.2) is 0 Å². The highest BCUT2D eigenvalue weighted by Gasteiger charge is 2.23. The number of rotatable bonds is 8. The molecule has 1 heterocycles. The summed E-state index contributed by atoms with van der Waals surface area (Å²) in [5, 5.41) is 6.38. The molecule has 1 fully saturated rings. The average Bonchev–Trinajstić information content (AvgIpc) is 2.45. The Hall–Kier alpha value is -1.10. The zero-order valence-corrected chi connectivity index (χ0v) is 12.7. The normalized spacial score (nSPS) is 22.3. The summed E-state index contributed by atoms with van der Waals surface area (Å²) in [7, 11) is 1.42. The summed E-state index contributed by atoms with van der Waals surface area (Å²) < 4.78 is 4.58. The van der Waals surface area contributed by atoms with E-state index in [0.29, 0.717) is 12.5 Å². The monoisotopic (exact) mass is 284 g/mol. The average molecular weight is 284 g/mol. The lowest BCUT2D eigenvalue weighted by Gasteiger charge is -2.27. The second-order valence-corrected chi connectivity index (χ2v) is 5.61. The first-order valence-corrected chi connectivity index (χ1v) is 7.71. The summed E-state index contributed by atoms with van der Waals surface area (Å²) >= 11 is 0. The van der Waals surface area contributed by atoms with Crippen molar-refractivity contribution in [3.63, 3.8) is 0 Å². The van der Waals surface area contributed by atoms with Crippen LogP contribution in [0.25, 0.3) is 0 Å². The SMILES string of the molecule is COC(=O)CCCCCCNC(=O)[C@H]1CCN[C@@H](C)C1. The molecule has 2 N–H and O–H groups in total. The van der Waals surface area contributed by atoms with Crippen LogP contribution in [0.2, 0.25) is 0 Å². The van der Waals surface area contributed by atoms with Crippen LogP contribution in [0.4, 0.5) is 0 Å². The van der Waals surface area contributed by atoms with Crippen molar-refractivity contribution in [2.24, 2.45) is 5.92 Å². The molecule has 1 aliphatic heterocycles. The van der Waals surface area contributed by atoms with Crippen LogP contribution in [0.1, 0.15) is 51.9 Å². The van der Waals surface area contributed by atoms with Gasteiger partial charge in [-0.15, -0.1) is 0 Å². The topological polar surface area (TPSA) is 67.4 Å². The Labute approximate surface area is 121 Å². The van der Waals surface area contributed by atoms with Crippen LogP contribution in [0.5, 0.6) is 0 Å². The molecule has 0 aromatic rings. The van der Waals surface area contributed by atoms with Crippen LogP contribution in [-0.4, -0.2) is 38.1 Å². The maximum absolute atomic E-state index is 12.0. The fourth-order valence-electron chi connectivity index (χ4n) is 2.58. The highest BCUT2D eigenvalue weighted by atomic mass is 16.5. The number of nitrogens with one attached hydrogen (secondary N) is 2. The number of carbonyl (C=O) groups excluding carboxylic acids is 2. The number of hydrogen-bond donors (Lipinski definition) is 2. The smallest absolute Gasteiger partial charge is 0.305 e. The first kappa shape index (κ1) is 17.0. The molecule has 5 heteroatoms. The largest absolute Gasteiger partial charge is 0.469 e. The molecular formula is C15H28N2O3. The maximum Gasteiger partial charge on any atom is 0.305 e. The molecule has 1 aliphatic rings. The van der Waals surface area contributed by atoms with Crippen molar-refractivity contribution < 1.29 is 14.3 Å². The van der Waals surface area contributed by atoms with E-state index in [1.807, 2.05) is 0 Å². The summed E-state index contributed by atoms with van der Waals surface area (Å²) in [6, 6.07) is 0.442. The number of methoxy groups -OCH3 is 1. The molecule has 2 atom stereocenters. The lowest BCUT2D eigenvalue weighted by molar-refractivity contribution is -0.140. The van der Waals surface area contributed by atoms with E-state index in [2.05, 4.69) is 22.3 Å². The van der Waals surface area contributed by atoms with Gasteiger partial charge in [0.25, 0.3) is 0 Å². The first-order chi connectivity index (χ1) is 9.63. The van der Waals surface area contributed by atoms with Crippen LogP contribution >= 0.6 is 0 Å². The Morgan fingerprint density at radius 1 is 1.25 bits per heavy atom. The number of esters is 1.